The summed E-state index contributed by atoms with van der Waals surface area (Å²) in [6.45, 7) is 2.90. The van der Waals surface area contributed by atoms with Gasteiger partial charge in [-0.25, -0.2) is 0 Å². The predicted molar refractivity (Wildman–Crippen MR) is 129 cm³/mol. The number of anilines is 1. The van der Waals surface area contributed by atoms with Crippen LogP contribution < -0.4 is 15.0 Å². The number of amides is 2. The number of carbonyl (C=O) groups is 2. The van der Waals surface area contributed by atoms with Gasteiger partial charge in [-0.3, -0.25) is 9.59 Å². The van der Waals surface area contributed by atoms with Crippen LogP contribution in [-0.4, -0.2) is 30.7 Å². The summed E-state index contributed by atoms with van der Waals surface area (Å²) in [6, 6.07) is 16.9. The second-order valence-electron chi connectivity index (χ2n) is 7.82. The van der Waals surface area contributed by atoms with E-state index in [0.29, 0.717) is 23.5 Å². The second kappa shape index (κ2) is 10.4. The van der Waals surface area contributed by atoms with Crippen LogP contribution in [0.3, 0.4) is 0 Å². The van der Waals surface area contributed by atoms with Crippen LogP contribution >= 0.6 is 11.8 Å². The van der Waals surface area contributed by atoms with E-state index < -0.39 is 17.6 Å². The van der Waals surface area contributed by atoms with Crippen molar-refractivity contribution in [1.29, 1.82) is 0 Å². The summed E-state index contributed by atoms with van der Waals surface area (Å²) >= 11 is 1.75. The van der Waals surface area contributed by atoms with Crippen LogP contribution in [0.4, 0.5) is 18.9 Å². The molecule has 5 nitrogen and oxygen atoms in total. The topological polar surface area (TPSA) is 58.6 Å². The standard InChI is InChI=1S/C26H23F3N2O3S/c1-2-35-21-10-3-17(4-11-21)16-30-24(32)19-7-12-22-23(15-19)34-14-13-31(22)25(33)18-5-8-20(9-6-18)26(27,28)29/h3-12,15H,2,13-14,16H2,1H3,(H,30,32). The van der Waals surface area contributed by atoms with Crippen LogP contribution in [0.1, 0.15) is 38.8 Å². The molecule has 3 aromatic rings. The van der Waals surface area contributed by atoms with Crippen LogP contribution in [0.2, 0.25) is 0 Å². The predicted octanol–water partition coefficient (Wildman–Crippen LogP) is 5.79. The highest BCUT2D eigenvalue weighted by Gasteiger charge is 2.31. The zero-order valence-corrected chi connectivity index (χ0v) is 19.7. The van der Waals surface area contributed by atoms with E-state index in [4.69, 9.17) is 4.74 Å². The summed E-state index contributed by atoms with van der Waals surface area (Å²) in [5, 5.41) is 2.88. The number of benzene rings is 3. The fourth-order valence-corrected chi connectivity index (χ4v) is 4.35. The van der Waals surface area contributed by atoms with Crippen molar-refractivity contribution in [3.05, 3.63) is 89.0 Å². The molecule has 9 heteroatoms. The van der Waals surface area contributed by atoms with Crippen LogP contribution in [0, 0.1) is 0 Å². The molecule has 1 aliphatic rings. The molecule has 182 valence electrons. The monoisotopic (exact) mass is 500 g/mol. The van der Waals surface area contributed by atoms with Crippen molar-refractivity contribution in [2.75, 3.05) is 23.8 Å². The smallest absolute Gasteiger partial charge is 0.416 e. The third kappa shape index (κ3) is 5.79. The first-order valence-electron chi connectivity index (χ1n) is 11.0. The van der Waals surface area contributed by atoms with Gasteiger partial charge in [-0.05, 0) is 65.9 Å². The van der Waals surface area contributed by atoms with Crippen molar-refractivity contribution in [3.8, 4) is 5.75 Å². The fourth-order valence-electron chi connectivity index (χ4n) is 3.68. The first-order valence-corrected chi connectivity index (χ1v) is 12.0. The molecule has 0 atom stereocenters. The molecule has 4 rings (SSSR count). The van der Waals surface area contributed by atoms with Crippen molar-refractivity contribution in [3.63, 3.8) is 0 Å². The Morgan fingerprint density at radius 3 is 2.34 bits per heavy atom. The molecule has 3 aromatic carbocycles. The fraction of sp³-hybridized carbons (Fsp3) is 0.231. The van der Waals surface area contributed by atoms with Gasteiger partial charge in [0.05, 0.1) is 17.8 Å². The number of hydrogen-bond acceptors (Lipinski definition) is 4. The molecular formula is C26H23F3N2O3S. The Kier molecular flexibility index (Phi) is 7.35. The van der Waals surface area contributed by atoms with E-state index in [2.05, 4.69) is 12.2 Å². The van der Waals surface area contributed by atoms with Crippen LogP contribution in [-0.2, 0) is 12.7 Å². The number of thioether (sulfide) groups is 1. The maximum absolute atomic E-state index is 13.0. The molecule has 0 unspecified atom stereocenters. The summed E-state index contributed by atoms with van der Waals surface area (Å²) in [5.74, 6) is 0.633. The highest BCUT2D eigenvalue weighted by Crippen LogP contribution is 2.34. The molecule has 1 heterocycles. The number of alkyl halides is 3. The Balaban J connectivity index is 1.45. The number of rotatable bonds is 6. The van der Waals surface area contributed by atoms with Crippen LogP contribution in [0.5, 0.6) is 5.75 Å². The number of nitrogens with one attached hydrogen (secondary N) is 1. The number of hydrogen-bond donors (Lipinski definition) is 1. The van der Waals surface area contributed by atoms with E-state index in [1.54, 1.807) is 30.0 Å². The van der Waals surface area contributed by atoms with E-state index in [1.165, 1.54) is 9.80 Å². The van der Waals surface area contributed by atoms with Crippen molar-refractivity contribution in [2.45, 2.75) is 24.5 Å². The number of nitrogens with zero attached hydrogens (tertiary/aromatic N) is 1. The van der Waals surface area contributed by atoms with E-state index in [0.717, 1.165) is 35.6 Å². The van der Waals surface area contributed by atoms with Gasteiger partial charge in [0.25, 0.3) is 11.8 Å². The molecular weight excluding hydrogens is 477 g/mol. The lowest BCUT2D eigenvalue weighted by molar-refractivity contribution is -0.137. The van der Waals surface area contributed by atoms with E-state index >= 15 is 0 Å². The number of fused-ring (bicyclic) bond motifs is 1. The molecule has 0 spiro atoms. The SMILES string of the molecule is CCSc1ccc(CNC(=O)c2ccc3c(c2)OCCN3C(=O)c2ccc(C(F)(F)F)cc2)cc1. The quantitative estimate of drug-likeness (QED) is 0.436. The number of ether oxygens (including phenoxy) is 1. The average Bonchev–Trinajstić information content (AvgIpc) is 2.86. The lowest BCUT2D eigenvalue weighted by atomic mass is 10.1. The minimum atomic E-state index is -4.47. The number of carbonyl (C=O) groups excluding carboxylic acids is 2. The third-order valence-electron chi connectivity index (χ3n) is 5.48. The maximum atomic E-state index is 13.0. The van der Waals surface area contributed by atoms with Crippen molar-refractivity contribution in [2.24, 2.45) is 0 Å². The van der Waals surface area contributed by atoms with Gasteiger partial charge in [0.2, 0.25) is 0 Å². The van der Waals surface area contributed by atoms with Gasteiger partial charge in [-0.1, -0.05) is 19.1 Å². The van der Waals surface area contributed by atoms with Crippen molar-refractivity contribution < 1.29 is 27.5 Å². The molecule has 0 bridgehead atoms. The zero-order valence-electron chi connectivity index (χ0n) is 18.9. The number of halogens is 3. The highest BCUT2D eigenvalue weighted by molar-refractivity contribution is 7.99. The molecule has 0 saturated carbocycles. The van der Waals surface area contributed by atoms with Crippen molar-refractivity contribution >= 4 is 29.3 Å². The molecule has 2 amide bonds. The molecule has 0 fully saturated rings. The van der Waals surface area contributed by atoms with E-state index in [1.807, 2.05) is 24.3 Å². The van der Waals surface area contributed by atoms with Gasteiger partial charge in [0.15, 0.2) is 0 Å². The Hall–Kier alpha value is -3.46. The summed E-state index contributed by atoms with van der Waals surface area (Å²) < 4.78 is 44.1. The maximum Gasteiger partial charge on any atom is 0.416 e. The van der Waals surface area contributed by atoms with E-state index in [-0.39, 0.29) is 24.6 Å². The molecule has 0 radical (unpaired) electrons. The third-order valence-corrected chi connectivity index (χ3v) is 6.37. The van der Waals surface area contributed by atoms with Gasteiger partial charge < -0.3 is 15.0 Å². The molecule has 35 heavy (non-hydrogen) atoms. The summed E-state index contributed by atoms with van der Waals surface area (Å²) in [5.41, 5.74) is 1.13. The Morgan fingerprint density at radius 1 is 1.00 bits per heavy atom. The Bertz CT molecular complexity index is 1210. The largest absolute Gasteiger partial charge is 0.490 e. The molecule has 0 saturated heterocycles. The minimum absolute atomic E-state index is 0.135. The molecule has 0 aliphatic carbocycles. The van der Waals surface area contributed by atoms with Crippen molar-refractivity contribution in [1.82, 2.24) is 5.32 Å². The molecule has 0 aromatic heterocycles. The van der Waals surface area contributed by atoms with Gasteiger partial charge in [-0.15, -0.1) is 11.8 Å². The summed E-state index contributed by atoms with van der Waals surface area (Å²) in [4.78, 5) is 28.3. The summed E-state index contributed by atoms with van der Waals surface area (Å²) in [7, 11) is 0. The second-order valence-corrected chi connectivity index (χ2v) is 9.16. The van der Waals surface area contributed by atoms with Gasteiger partial charge in [0, 0.05) is 22.6 Å². The molecule has 1 N–H and O–H groups in total. The minimum Gasteiger partial charge on any atom is -0.490 e. The zero-order chi connectivity index (χ0) is 25.0. The molecule has 1 aliphatic heterocycles. The lowest BCUT2D eigenvalue weighted by Crippen LogP contribution is -2.38. The average molecular weight is 501 g/mol. The highest BCUT2D eigenvalue weighted by atomic mass is 32.2. The van der Waals surface area contributed by atoms with E-state index in [9.17, 15) is 22.8 Å². The van der Waals surface area contributed by atoms with Crippen LogP contribution in [0.15, 0.2) is 71.6 Å². The Labute approximate surface area is 205 Å². The summed E-state index contributed by atoms with van der Waals surface area (Å²) in [6.07, 6.45) is -4.47. The first-order chi connectivity index (χ1) is 16.8. The van der Waals surface area contributed by atoms with Crippen LogP contribution in [0.25, 0.3) is 0 Å². The Morgan fingerprint density at radius 2 is 1.69 bits per heavy atom. The first kappa shape index (κ1) is 24.7. The van der Waals surface area contributed by atoms with Gasteiger partial charge in [0.1, 0.15) is 12.4 Å². The normalized spacial score (nSPS) is 13.1. The van der Waals surface area contributed by atoms with Gasteiger partial charge >= 0.3 is 6.18 Å². The lowest BCUT2D eigenvalue weighted by Gasteiger charge is -2.30. The van der Waals surface area contributed by atoms with Gasteiger partial charge in [-0.2, -0.15) is 13.2 Å².